The van der Waals surface area contributed by atoms with Crippen molar-refractivity contribution in [2.24, 2.45) is 0 Å². The summed E-state index contributed by atoms with van der Waals surface area (Å²) in [6, 6.07) is 0. The first-order valence-corrected chi connectivity index (χ1v) is 3.03. The van der Waals surface area contributed by atoms with Gasteiger partial charge >= 0.3 is 0 Å². The van der Waals surface area contributed by atoms with Crippen LogP contribution in [0.25, 0.3) is 0 Å². The molecule has 0 aromatic rings. The van der Waals surface area contributed by atoms with Crippen LogP contribution in [0.2, 0.25) is 0 Å². The van der Waals surface area contributed by atoms with Crippen molar-refractivity contribution in [3.8, 4) is 0 Å². The molecule has 0 spiro atoms. The van der Waals surface area contributed by atoms with Crippen LogP contribution in [0.5, 0.6) is 0 Å². The fourth-order valence-electron chi connectivity index (χ4n) is 0.543. The van der Waals surface area contributed by atoms with Gasteiger partial charge in [0.15, 0.2) is 0 Å². The number of rotatable bonds is 5. The first-order chi connectivity index (χ1) is 3.91. The number of halogens is 2. The number of hydrogen-bond donors (Lipinski definition) is 2. The molecule has 0 heterocycles. The Hall–Kier alpha value is -0.220. The molecule has 0 amide bonds. The molecule has 0 aromatic carbocycles. The second-order valence-electron chi connectivity index (χ2n) is 1.79. The third kappa shape index (κ3) is 15.7. The van der Waals surface area contributed by atoms with Crippen LogP contribution in [0.3, 0.4) is 0 Å². The van der Waals surface area contributed by atoms with E-state index in [2.05, 4.69) is 0 Å². The van der Waals surface area contributed by atoms with Crippen molar-refractivity contribution in [1.29, 1.82) is 0 Å². The molecule has 10 heavy (non-hydrogen) atoms. The van der Waals surface area contributed by atoms with Gasteiger partial charge in [-0.05, 0) is 12.8 Å². The number of hydrogen-bond acceptors (Lipinski definition) is 0. The molecule has 0 rings (SSSR count). The lowest BCUT2D eigenvalue weighted by molar-refractivity contribution is 0.424. The Bertz CT molecular complexity index is 38.7. The van der Waals surface area contributed by atoms with Gasteiger partial charge in [-0.1, -0.05) is 12.8 Å². The summed E-state index contributed by atoms with van der Waals surface area (Å²) in [5.41, 5.74) is 0. The molecule has 0 aliphatic rings. The van der Waals surface area contributed by atoms with Crippen LogP contribution >= 0.6 is 0 Å². The topological polar surface area (TPSA) is 73.0 Å². The fourth-order valence-corrected chi connectivity index (χ4v) is 0.543. The highest BCUT2D eigenvalue weighted by Crippen LogP contribution is 1.99. The van der Waals surface area contributed by atoms with Crippen LogP contribution in [-0.4, -0.2) is 13.3 Å². The monoisotopic (exact) mass is 158 g/mol. The van der Waals surface area contributed by atoms with Crippen molar-refractivity contribution in [3.63, 3.8) is 0 Å². The summed E-state index contributed by atoms with van der Waals surface area (Å²) in [4.78, 5) is 0. The van der Waals surface area contributed by atoms with Gasteiger partial charge < -0.3 is 12.3 Å². The zero-order valence-corrected chi connectivity index (χ0v) is 7.00. The van der Waals surface area contributed by atoms with Crippen LogP contribution in [0.15, 0.2) is 0 Å². The summed E-state index contributed by atoms with van der Waals surface area (Å²) in [6.45, 7) is -0.515. The molecule has 0 bridgehead atoms. The quantitative estimate of drug-likeness (QED) is 0.576. The average molecular weight is 158 g/mol. The van der Waals surface area contributed by atoms with Gasteiger partial charge in [-0.25, -0.2) is 0 Å². The van der Waals surface area contributed by atoms with Gasteiger partial charge in [-0.2, -0.15) is 0 Å². The Morgan fingerprint density at radius 2 is 0.900 bits per heavy atom. The standard InChI is InChI=1S/C6H12F2.2H3N/c7-5-3-1-2-4-6-8;;/h1-6H2;2*1H3/p+2. The van der Waals surface area contributed by atoms with Gasteiger partial charge in [0.1, 0.15) is 0 Å². The molecule has 0 radical (unpaired) electrons. The molecule has 0 fully saturated rings. The minimum Gasteiger partial charge on any atom is -0.369 e. The zero-order valence-electron chi connectivity index (χ0n) is 7.00. The van der Waals surface area contributed by atoms with Gasteiger partial charge in [0.25, 0.3) is 0 Å². The van der Waals surface area contributed by atoms with Crippen LogP contribution < -0.4 is 12.3 Å². The third-order valence-corrected chi connectivity index (χ3v) is 1.02. The maximum Gasteiger partial charge on any atom is 0.0894 e. The SMILES string of the molecule is FCCCCCCF.[NH4+].[NH4+]. The minimum absolute atomic E-state index is 0. The number of alkyl halides is 2. The van der Waals surface area contributed by atoms with Crippen LogP contribution in [0.1, 0.15) is 25.7 Å². The van der Waals surface area contributed by atoms with Crippen molar-refractivity contribution in [2.45, 2.75) is 25.7 Å². The van der Waals surface area contributed by atoms with Gasteiger partial charge in [0.05, 0.1) is 13.3 Å². The fraction of sp³-hybridized carbons (Fsp3) is 1.00. The molecule has 0 saturated carbocycles. The average Bonchev–Trinajstić information content (AvgIpc) is 1.81. The Morgan fingerprint density at radius 1 is 0.600 bits per heavy atom. The van der Waals surface area contributed by atoms with Gasteiger partial charge in [-0.3, -0.25) is 8.78 Å². The summed E-state index contributed by atoms with van der Waals surface area (Å²) in [7, 11) is 0. The van der Waals surface area contributed by atoms with E-state index in [0.29, 0.717) is 12.8 Å². The molecular formula is C6H20F2N2+2. The molecule has 66 valence electrons. The van der Waals surface area contributed by atoms with Crippen LogP contribution in [0.4, 0.5) is 8.78 Å². The van der Waals surface area contributed by atoms with E-state index in [-0.39, 0.29) is 25.7 Å². The molecule has 8 N–H and O–H groups in total. The lowest BCUT2D eigenvalue weighted by atomic mass is 10.2. The highest BCUT2D eigenvalue weighted by molar-refractivity contribution is 4.39. The lowest BCUT2D eigenvalue weighted by Gasteiger charge is -1.91. The summed E-state index contributed by atoms with van der Waals surface area (Å²) in [5, 5.41) is 0. The van der Waals surface area contributed by atoms with E-state index in [1.165, 1.54) is 0 Å². The molecule has 0 atom stereocenters. The van der Waals surface area contributed by atoms with E-state index >= 15 is 0 Å². The smallest absolute Gasteiger partial charge is 0.0894 e. The second-order valence-corrected chi connectivity index (χ2v) is 1.79. The Morgan fingerprint density at radius 3 is 1.10 bits per heavy atom. The van der Waals surface area contributed by atoms with E-state index in [4.69, 9.17) is 0 Å². The summed E-state index contributed by atoms with van der Waals surface area (Å²) in [5.74, 6) is 0. The lowest BCUT2D eigenvalue weighted by Crippen LogP contribution is -1.80. The van der Waals surface area contributed by atoms with Gasteiger partial charge in [0, 0.05) is 0 Å². The molecule has 0 unspecified atom stereocenters. The van der Waals surface area contributed by atoms with Gasteiger partial charge in [0.2, 0.25) is 0 Å². The molecule has 2 nitrogen and oxygen atoms in total. The number of quaternary nitrogens is 2. The molecule has 0 aromatic heterocycles. The maximum atomic E-state index is 11.3. The predicted molar refractivity (Wildman–Crippen MR) is 42.4 cm³/mol. The first kappa shape index (κ1) is 16.4. The van der Waals surface area contributed by atoms with Crippen molar-refractivity contribution in [3.05, 3.63) is 0 Å². The van der Waals surface area contributed by atoms with Crippen molar-refractivity contribution in [1.82, 2.24) is 12.3 Å². The van der Waals surface area contributed by atoms with E-state index in [9.17, 15) is 8.78 Å². The van der Waals surface area contributed by atoms with E-state index in [1.54, 1.807) is 0 Å². The molecular weight excluding hydrogens is 138 g/mol. The largest absolute Gasteiger partial charge is 0.369 e. The normalized spacial score (nSPS) is 7.80. The Balaban J connectivity index is -0.000000245. The molecule has 0 aliphatic heterocycles. The van der Waals surface area contributed by atoms with E-state index in [0.717, 1.165) is 12.8 Å². The second kappa shape index (κ2) is 15.9. The third-order valence-electron chi connectivity index (χ3n) is 1.02. The predicted octanol–water partition coefficient (Wildman–Crippen LogP) is 3.24. The van der Waals surface area contributed by atoms with Crippen molar-refractivity contribution < 1.29 is 8.78 Å². The Kier molecular flexibility index (Phi) is 26.1. The van der Waals surface area contributed by atoms with Crippen LogP contribution in [0, 0.1) is 0 Å². The molecule has 4 heteroatoms. The zero-order chi connectivity index (χ0) is 6.24. The summed E-state index contributed by atoms with van der Waals surface area (Å²) >= 11 is 0. The highest BCUT2D eigenvalue weighted by Gasteiger charge is 1.86. The van der Waals surface area contributed by atoms with E-state index in [1.807, 2.05) is 0 Å². The molecule has 0 aliphatic carbocycles. The Labute approximate surface area is 61.2 Å². The first-order valence-electron chi connectivity index (χ1n) is 3.03. The summed E-state index contributed by atoms with van der Waals surface area (Å²) < 4.78 is 22.7. The van der Waals surface area contributed by atoms with Crippen molar-refractivity contribution in [2.75, 3.05) is 13.3 Å². The van der Waals surface area contributed by atoms with E-state index < -0.39 is 0 Å². The van der Waals surface area contributed by atoms with Gasteiger partial charge in [-0.15, -0.1) is 0 Å². The number of unbranched alkanes of at least 4 members (excludes halogenated alkanes) is 3. The van der Waals surface area contributed by atoms with Crippen molar-refractivity contribution >= 4 is 0 Å². The minimum atomic E-state index is -0.258. The van der Waals surface area contributed by atoms with Crippen LogP contribution in [-0.2, 0) is 0 Å². The molecule has 0 saturated heterocycles. The maximum absolute atomic E-state index is 11.3. The highest BCUT2D eigenvalue weighted by atomic mass is 19.1. The summed E-state index contributed by atoms with van der Waals surface area (Å²) in [6.07, 6.45) is 2.86.